The molecule has 0 aromatic heterocycles. The molecule has 1 saturated heterocycles. The molecule has 0 aromatic carbocycles. The lowest BCUT2D eigenvalue weighted by Crippen LogP contribution is -2.15. The van der Waals surface area contributed by atoms with Gasteiger partial charge in [0.2, 0.25) is 0 Å². The summed E-state index contributed by atoms with van der Waals surface area (Å²) in [5.41, 5.74) is 0. The second-order valence-corrected chi connectivity index (χ2v) is 2.75. The van der Waals surface area contributed by atoms with Crippen molar-refractivity contribution in [3.05, 3.63) is 0 Å². The molecule has 1 rings (SSSR count). The van der Waals surface area contributed by atoms with E-state index in [1.807, 2.05) is 0 Å². The van der Waals surface area contributed by atoms with Crippen LogP contribution in [0.3, 0.4) is 0 Å². The van der Waals surface area contributed by atoms with Gasteiger partial charge < -0.3 is 14.6 Å². The number of carbonyl (C=O) groups excluding carboxylic acids is 1. The average molecular weight is 190 g/mol. The van der Waals surface area contributed by atoms with Gasteiger partial charge in [0.05, 0.1) is 6.10 Å². The molecule has 0 aromatic rings. The number of aliphatic hydroxyl groups excluding tert-OH is 1. The van der Waals surface area contributed by atoms with Crippen molar-refractivity contribution in [2.75, 3.05) is 19.8 Å². The summed E-state index contributed by atoms with van der Waals surface area (Å²) in [5, 5.41) is 7.57. The summed E-state index contributed by atoms with van der Waals surface area (Å²) in [6, 6.07) is 0. The van der Waals surface area contributed by atoms with Crippen LogP contribution >= 0.6 is 0 Å². The standard InChI is InChI=1S/C7H12O3.C2H6O/c1-6(8)10-5-7-3-2-4-9-7;1-2-3/h7H,2-5H2,1H3;3H,2H2,1H3. The molecule has 0 radical (unpaired) electrons. The topological polar surface area (TPSA) is 55.8 Å². The van der Waals surface area contributed by atoms with Crippen LogP contribution < -0.4 is 0 Å². The summed E-state index contributed by atoms with van der Waals surface area (Å²) in [6.45, 7) is 4.58. The predicted molar refractivity (Wildman–Crippen MR) is 48.4 cm³/mol. The van der Waals surface area contributed by atoms with E-state index < -0.39 is 0 Å². The molecule has 78 valence electrons. The number of rotatable bonds is 2. The fraction of sp³-hybridized carbons (Fsp3) is 0.889. The van der Waals surface area contributed by atoms with Crippen LogP contribution in [0.25, 0.3) is 0 Å². The Hall–Kier alpha value is -0.610. The first-order valence-electron chi connectivity index (χ1n) is 4.56. The number of carbonyl (C=O) groups is 1. The van der Waals surface area contributed by atoms with Crippen molar-refractivity contribution in [3.8, 4) is 0 Å². The van der Waals surface area contributed by atoms with Crippen molar-refractivity contribution in [2.24, 2.45) is 0 Å². The fourth-order valence-corrected chi connectivity index (χ4v) is 0.986. The Bertz CT molecular complexity index is 130. The van der Waals surface area contributed by atoms with E-state index in [4.69, 9.17) is 14.6 Å². The Morgan fingerprint density at radius 2 is 2.31 bits per heavy atom. The van der Waals surface area contributed by atoms with Crippen molar-refractivity contribution in [1.29, 1.82) is 0 Å². The van der Waals surface area contributed by atoms with Gasteiger partial charge in [-0.25, -0.2) is 0 Å². The molecule has 13 heavy (non-hydrogen) atoms. The Morgan fingerprint density at radius 3 is 2.69 bits per heavy atom. The van der Waals surface area contributed by atoms with Crippen LogP contribution in [0, 0.1) is 0 Å². The van der Waals surface area contributed by atoms with Crippen molar-refractivity contribution in [1.82, 2.24) is 0 Å². The van der Waals surface area contributed by atoms with Crippen molar-refractivity contribution < 1.29 is 19.4 Å². The summed E-state index contributed by atoms with van der Waals surface area (Å²) >= 11 is 0. The maximum atomic E-state index is 10.3. The van der Waals surface area contributed by atoms with Crippen LogP contribution in [0.2, 0.25) is 0 Å². The highest BCUT2D eigenvalue weighted by Crippen LogP contribution is 2.11. The van der Waals surface area contributed by atoms with E-state index >= 15 is 0 Å². The summed E-state index contributed by atoms with van der Waals surface area (Å²) in [7, 11) is 0. The van der Waals surface area contributed by atoms with E-state index in [1.165, 1.54) is 6.92 Å². The molecule has 0 spiro atoms. The molecule has 1 atom stereocenters. The van der Waals surface area contributed by atoms with Gasteiger partial charge in [-0.15, -0.1) is 0 Å². The third-order valence-electron chi connectivity index (χ3n) is 1.50. The van der Waals surface area contributed by atoms with Crippen LogP contribution in [0.4, 0.5) is 0 Å². The summed E-state index contributed by atoms with van der Waals surface area (Å²) < 4.78 is 9.99. The first kappa shape index (κ1) is 12.4. The molecule has 4 nitrogen and oxygen atoms in total. The van der Waals surface area contributed by atoms with Crippen molar-refractivity contribution in [2.45, 2.75) is 32.8 Å². The van der Waals surface area contributed by atoms with Crippen LogP contribution in [-0.4, -0.2) is 37.0 Å². The number of aliphatic hydroxyl groups is 1. The molecular weight excluding hydrogens is 172 g/mol. The summed E-state index contributed by atoms with van der Waals surface area (Å²) in [5.74, 6) is -0.226. The lowest BCUT2D eigenvalue weighted by molar-refractivity contribution is -0.144. The minimum Gasteiger partial charge on any atom is -0.463 e. The summed E-state index contributed by atoms with van der Waals surface area (Å²) in [4.78, 5) is 10.3. The molecule has 1 heterocycles. The molecule has 1 aliphatic heterocycles. The van der Waals surface area contributed by atoms with Crippen molar-refractivity contribution in [3.63, 3.8) is 0 Å². The quantitative estimate of drug-likeness (QED) is 0.652. The lowest BCUT2D eigenvalue weighted by atomic mass is 10.2. The molecule has 1 N–H and O–H groups in total. The van der Waals surface area contributed by atoms with Crippen LogP contribution in [0.15, 0.2) is 0 Å². The molecule has 0 saturated carbocycles. The molecule has 1 unspecified atom stereocenters. The second kappa shape index (κ2) is 8.01. The van der Waals surface area contributed by atoms with E-state index in [-0.39, 0.29) is 18.7 Å². The summed E-state index contributed by atoms with van der Waals surface area (Å²) in [6.07, 6.45) is 2.27. The maximum absolute atomic E-state index is 10.3. The van der Waals surface area contributed by atoms with Gasteiger partial charge >= 0.3 is 5.97 Å². The minimum atomic E-state index is -0.226. The Morgan fingerprint density at radius 1 is 1.69 bits per heavy atom. The normalized spacial score (nSPS) is 20.4. The Labute approximate surface area is 78.8 Å². The first-order chi connectivity index (χ1) is 6.20. The van der Waals surface area contributed by atoms with Crippen LogP contribution in [0.1, 0.15) is 26.7 Å². The highest BCUT2D eigenvalue weighted by Gasteiger charge is 2.15. The number of hydrogen-bond acceptors (Lipinski definition) is 4. The van der Waals surface area contributed by atoms with Crippen LogP contribution in [0.5, 0.6) is 0 Å². The molecular formula is C9H18O4. The van der Waals surface area contributed by atoms with Gasteiger partial charge in [-0.05, 0) is 19.8 Å². The maximum Gasteiger partial charge on any atom is 0.302 e. The zero-order valence-electron chi connectivity index (χ0n) is 8.28. The average Bonchev–Trinajstić information content (AvgIpc) is 2.54. The molecule has 1 aliphatic rings. The zero-order chi connectivity index (χ0) is 10.1. The van der Waals surface area contributed by atoms with Gasteiger partial charge in [0.1, 0.15) is 6.61 Å². The van der Waals surface area contributed by atoms with Crippen LogP contribution in [-0.2, 0) is 14.3 Å². The number of ether oxygens (including phenoxy) is 2. The molecule has 0 aliphatic carbocycles. The third-order valence-corrected chi connectivity index (χ3v) is 1.50. The van der Waals surface area contributed by atoms with E-state index in [0.717, 1.165) is 19.4 Å². The Kier molecular flexibility index (Phi) is 7.63. The second-order valence-electron chi connectivity index (χ2n) is 2.75. The molecule has 1 fully saturated rings. The van der Waals surface area contributed by atoms with Gasteiger partial charge in [0.25, 0.3) is 0 Å². The Balaban J connectivity index is 0.000000424. The van der Waals surface area contributed by atoms with Gasteiger partial charge in [-0.1, -0.05) is 0 Å². The van der Waals surface area contributed by atoms with E-state index in [1.54, 1.807) is 6.92 Å². The van der Waals surface area contributed by atoms with E-state index in [2.05, 4.69) is 0 Å². The van der Waals surface area contributed by atoms with Gasteiger partial charge in [-0.2, -0.15) is 0 Å². The minimum absolute atomic E-state index is 0.156. The monoisotopic (exact) mass is 190 g/mol. The number of esters is 1. The molecule has 4 heteroatoms. The lowest BCUT2D eigenvalue weighted by Gasteiger charge is -2.07. The zero-order valence-corrected chi connectivity index (χ0v) is 8.28. The number of hydrogen-bond donors (Lipinski definition) is 1. The first-order valence-corrected chi connectivity index (χ1v) is 4.56. The largest absolute Gasteiger partial charge is 0.463 e. The van der Waals surface area contributed by atoms with E-state index in [9.17, 15) is 4.79 Å². The SMILES string of the molecule is CC(=O)OCC1CCCO1.CCO. The molecule has 0 bridgehead atoms. The predicted octanol–water partition coefficient (Wildman–Crippen LogP) is 0.727. The van der Waals surface area contributed by atoms with E-state index in [0.29, 0.717) is 6.61 Å². The van der Waals surface area contributed by atoms with Gasteiger partial charge in [-0.3, -0.25) is 4.79 Å². The van der Waals surface area contributed by atoms with Crippen molar-refractivity contribution >= 4 is 5.97 Å². The van der Waals surface area contributed by atoms with Gasteiger partial charge in [0, 0.05) is 20.1 Å². The van der Waals surface area contributed by atoms with Gasteiger partial charge in [0.15, 0.2) is 0 Å². The molecule has 0 amide bonds. The highest BCUT2D eigenvalue weighted by atomic mass is 16.6. The highest BCUT2D eigenvalue weighted by molar-refractivity contribution is 5.65. The fourth-order valence-electron chi connectivity index (χ4n) is 0.986. The smallest absolute Gasteiger partial charge is 0.302 e. The third kappa shape index (κ3) is 7.74.